The summed E-state index contributed by atoms with van der Waals surface area (Å²) >= 11 is 0. The Morgan fingerprint density at radius 3 is 2.70 bits per heavy atom. The molecule has 2 rings (SSSR count). The number of carbonyl (C=O) groups is 1. The molecule has 1 aromatic carbocycles. The quantitative estimate of drug-likeness (QED) is 0.616. The van der Waals surface area contributed by atoms with Crippen LogP contribution in [0, 0.1) is 6.92 Å². The van der Waals surface area contributed by atoms with Crippen LogP contribution in [-0.2, 0) is 11.3 Å². The van der Waals surface area contributed by atoms with Crippen molar-refractivity contribution < 1.29 is 14.4 Å². The summed E-state index contributed by atoms with van der Waals surface area (Å²) in [4.78, 5) is 17.7. The van der Waals surface area contributed by atoms with Crippen LogP contribution >= 0.6 is 0 Å². The van der Waals surface area contributed by atoms with Crippen LogP contribution in [0.15, 0.2) is 17.3 Å². The summed E-state index contributed by atoms with van der Waals surface area (Å²) in [6.07, 6.45) is 2.35. The van der Waals surface area contributed by atoms with Gasteiger partial charge >= 0.3 is 6.09 Å². The van der Waals surface area contributed by atoms with E-state index in [1.807, 2.05) is 19.1 Å². The van der Waals surface area contributed by atoms with Crippen molar-refractivity contribution in [3.63, 3.8) is 0 Å². The zero-order chi connectivity index (χ0) is 14.7. The second kappa shape index (κ2) is 5.94. The predicted molar refractivity (Wildman–Crippen MR) is 77.4 cm³/mol. The van der Waals surface area contributed by atoms with Crippen molar-refractivity contribution in [2.75, 3.05) is 21.2 Å². The van der Waals surface area contributed by atoms with E-state index in [2.05, 4.69) is 5.16 Å². The van der Waals surface area contributed by atoms with Crippen molar-refractivity contribution in [3.05, 3.63) is 28.8 Å². The molecule has 1 aromatic rings. The van der Waals surface area contributed by atoms with Gasteiger partial charge in [-0.15, -0.1) is 0 Å². The molecule has 0 fully saturated rings. The topological polar surface area (TPSA) is 51.1 Å². The summed E-state index contributed by atoms with van der Waals surface area (Å²) in [6, 6.07) is 3.92. The molecule has 0 bridgehead atoms. The Bertz CT molecular complexity index is 550. The van der Waals surface area contributed by atoms with Gasteiger partial charge in [0.15, 0.2) is 0 Å². The first kappa shape index (κ1) is 14.4. The molecule has 1 amide bonds. The SMILES string of the molecule is COc1ccc2c(c1C)CCC/C2=N/OC(=O)N(C)C. The van der Waals surface area contributed by atoms with Gasteiger partial charge in [-0.3, -0.25) is 4.84 Å². The van der Waals surface area contributed by atoms with E-state index in [0.717, 1.165) is 41.9 Å². The molecule has 0 saturated heterocycles. The maximum absolute atomic E-state index is 11.4. The van der Waals surface area contributed by atoms with Gasteiger partial charge in [-0.1, -0.05) is 5.16 Å². The molecule has 0 aliphatic heterocycles. The first-order chi connectivity index (χ1) is 9.54. The first-order valence-electron chi connectivity index (χ1n) is 6.66. The highest BCUT2D eigenvalue weighted by molar-refractivity contribution is 6.03. The van der Waals surface area contributed by atoms with Gasteiger partial charge in [0.25, 0.3) is 0 Å². The molecule has 5 nitrogen and oxygen atoms in total. The molecule has 0 radical (unpaired) electrons. The Morgan fingerprint density at radius 2 is 2.05 bits per heavy atom. The minimum Gasteiger partial charge on any atom is -0.496 e. The van der Waals surface area contributed by atoms with Gasteiger partial charge in [-0.25, -0.2) is 4.79 Å². The molecular weight excluding hydrogens is 256 g/mol. The van der Waals surface area contributed by atoms with E-state index in [0.29, 0.717) is 0 Å². The molecule has 0 unspecified atom stereocenters. The lowest BCUT2D eigenvalue weighted by atomic mass is 9.87. The molecule has 108 valence electrons. The summed E-state index contributed by atoms with van der Waals surface area (Å²) < 4.78 is 5.34. The van der Waals surface area contributed by atoms with E-state index < -0.39 is 6.09 Å². The van der Waals surface area contributed by atoms with E-state index in [9.17, 15) is 4.79 Å². The van der Waals surface area contributed by atoms with Crippen molar-refractivity contribution in [3.8, 4) is 5.75 Å². The van der Waals surface area contributed by atoms with Crippen molar-refractivity contribution >= 4 is 11.8 Å². The average Bonchev–Trinajstić information content (AvgIpc) is 2.45. The minimum atomic E-state index is -0.463. The fraction of sp³-hybridized carbons (Fsp3) is 0.467. The lowest BCUT2D eigenvalue weighted by Gasteiger charge is -2.21. The van der Waals surface area contributed by atoms with E-state index in [-0.39, 0.29) is 0 Å². The number of carbonyl (C=O) groups excluding carboxylic acids is 1. The molecule has 1 aliphatic rings. The standard InChI is InChI=1S/C15H20N2O3/c1-10-11-6-5-7-13(16-20-15(18)17(2)3)12(11)8-9-14(10)19-4/h8-9H,5-7H2,1-4H3/b16-13-. The van der Waals surface area contributed by atoms with Gasteiger partial charge in [-0.05, 0) is 49.4 Å². The number of amides is 1. The van der Waals surface area contributed by atoms with Gasteiger partial charge in [0.2, 0.25) is 0 Å². The van der Waals surface area contributed by atoms with Crippen LogP contribution < -0.4 is 4.74 Å². The van der Waals surface area contributed by atoms with Crippen molar-refractivity contribution in [2.45, 2.75) is 26.2 Å². The second-order valence-corrected chi connectivity index (χ2v) is 5.06. The van der Waals surface area contributed by atoms with E-state index in [1.165, 1.54) is 10.5 Å². The average molecular weight is 276 g/mol. The Morgan fingerprint density at radius 1 is 1.30 bits per heavy atom. The lowest BCUT2D eigenvalue weighted by molar-refractivity contribution is 0.122. The predicted octanol–water partition coefficient (Wildman–Crippen LogP) is 2.74. The summed E-state index contributed by atoms with van der Waals surface area (Å²) in [7, 11) is 4.93. The van der Waals surface area contributed by atoms with Crippen LogP contribution in [0.3, 0.4) is 0 Å². The van der Waals surface area contributed by atoms with Crippen LogP contribution in [0.2, 0.25) is 0 Å². The number of benzene rings is 1. The third kappa shape index (κ3) is 2.76. The Hall–Kier alpha value is -2.04. The summed E-state index contributed by atoms with van der Waals surface area (Å²) in [5.74, 6) is 0.885. The number of methoxy groups -OCH3 is 1. The number of hydrogen-bond donors (Lipinski definition) is 0. The number of fused-ring (bicyclic) bond motifs is 1. The lowest BCUT2D eigenvalue weighted by Crippen LogP contribution is -2.22. The van der Waals surface area contributed by atoms with Crippen LogP contribution in [0.5, 0.6) is 5.75 Å². The highest BCUT2D eigenvalue weighted by Gasteiger charge is 2.20. The van der Waals surface area contributed by atoms with E-state index in [4.69, 9.17) is 9.57 Å². The van der Waals surface area contributed by atoms with Gasteiger partial charge in [0.05, 0.1) is 12.8 Å². The summed E-state index contributed by atoms with van der Waals surface area (Å²) in [5, 5.41) is 4.03. The third-order valence-electron chi connectivity index (χ3n) is 3.52. The van der Waals surface area contributed by atoms with Gasteiger partial charge in [0, 0.05) is 19.7 Å². The van der Waals surface area contributed by atoms with Crippen LogP contribution in [-0.4, -0.2) is 37.9 Å². The molecule has 0 heterocycles. The summed E-state index contributed by atoms with van der Waals surface area (Å²) in [6.45, 7) is 2.05. The fourth-order valence-electron chi connectivity index (χ4n) is 2.39. The first-order valence-corrected chi connectivity index (χ1v) is 6.66. The molecule has 0 N–H and O–H groups in total. The highest BCUT2D eigenvalue weighted by Crippen LogP contribution is 2.30. The number of nitrogens with zero attached hydrogens (tertiary/aromatic N) is 2. The van der Waals surface area contributed by atoms with Gasteiger partial charge < -0.3 is 9.64 Å². The molecule has 5 heteroatoms. The molecule has 20 heavy (non-hydrogen) atoms. The number of hydrogen-bond acceptors (Lipinski definition) is 4. The highest BCUT2D eigenvalue weighted by atomic mass is 16.7. The van der Waals surface area contributed by atoms with Crippen molar-refractivity contribution in [1.82, 2.24) is 4.90 Å². The fourth-order valence-corrected chi connectivity index (χ4v) is 2.39. The van der Waals surface area contributed by atoms with Crippen LogP contribution in [0.4, 0.5) is 4.79 Å². The van der Waals surface area contributed by atoms with E-state index in [1.54, 1.807) is 21.2 Å². The second-order valence-electron chi connectivity index (χ2n) is 5.06. The summed E-state index contributed by atoms with van der Waals surface area (Å²) in [5.41, 5.74) is 4.25. The normalized spacial score (nSPS) is 15.7. The monoisotopic (exact) mass is 276 g/mol. The van der Waals surface area contributed by atoms with Crippen LogP contribution in [0.1, 0.15) is 29.5 Å². The number of ether oxygens (including phenoxy) is 1. The van der Waals surface area contributed by atoms with Crippen LogP contribution in [0.25, 0.3) is 0 Å². The molecule has 0 saturated carbocycles. The van der Waals surface area contributed by atoms with Crippen molar-refractivity contribution in [1.29, 1.82) is 0 Å². The van der Waals surface area contributed by atoms with Gasteiger partial charge in [0.1, 0.15) is 5.75 Å². The number of rotatable bonds is 2. The third-order valence-corrected chi connectivity index (χ3v) is 3.52. The zero-order valence-corrected chi connectivity index (χ0v) is 12.4. The van der Waals surface area contributed by atoms with Crippen molar-refractivity contribution in [2.24, 2.45) is 5.16 Å². The smallest absolute Gasteiger partial charge is 0.435 e. The maximum Gasteiger partial charge on any atom is 0.435 e. The largest absolute Gasteiger partial charge is 0.496 e. The minimum absolute atomic E-state index is 0.463. The van der Waals surface area contributed by atoms with Gasteiger partial charge in [-0.2, -0.15) is 0 Å². The molecule has 0 atom stereocenters. The zero-order valence-electron chi connectivity index (χ0n) is 12.4. The maximum atomic E-state index is 11.4. The Labute approximate surface area is 119 Å². The number of oxime groups is 1. The molecule has 1 aliphatic carbocycles. The Kier molecular flexibility index (Phi) is 4.27. The van der Waals surface area contributed by atoms with E-state index >= 15 is 0 Å². The Balaban J connectivity index is 2.31. The molecule has 0 aromatic heterocycles. The molecular formula is C15H20N2O3. The molecule has 0 spiro atoms.